The Morgan fingerprint density at radius 3 is 1.50 bits per heavy atom. The van der Waals surface area contributed by atoms with Crippen molar-refractivity contribution in [3.63, 3.8) is 0 Å². The molecule has 0 heterocycles. The first-order chi connectivity index (χ1) is 7.65. The van der Waals surface area contributed by atoms with Gasteiger partial charge in [0.05, 0.1) is 0 Å². The zero-order valence-corrected chi connectivity index (χ0v) is 16.1. The Labute approximate surface area is 140 Å². The van der Waals surface area contributed by atoms with Gasteiger partial charge in [0.25, 0.3) is 0 Å². The minimum Gasteiger partial charge on any atom is -1.00 e. The molecule has 0 saturated heterocycles. The van der Waals surface area contributed by atoms with Crippen LogP contribution in [0.15, 0.2) is 46.6 Å². The summed E-state index contributed by atoms with van der Waals surface area (Å²) < 4.78 is 0. The molecule has 2 rings (SSSR count). The molecule has 0 nitrogen and oxygen atoms in total. The maximum absolute atomic E-state index is 2.32. The largest absolute Gasteiger partial charge is 2.00 e. The molecule has 0 aromatic heterocycles. The quantitative estimate of drug-likeness (QED) is 0.516. The van der Waals surface area contributed by atoms with Gasteiger partial charge >= 0.3 is 26.2 Å². The second-order valence-electron chi connectivity index (χ2n) is 4.46. The van der Waals surface area contributed by atoms with Crippen LogP contribution >= 0.6 is 0 Å². The van der Waals surface area contributed by atoms with E-state index in [9.17, 15) is 0 Å². The Morgan fingerprint density at radius 1 is 0.944 bits per heavy atom. The van der Waals surface area contributed by atoms with E-state index >= 15 is 0 Å². The number of hydrogen-bond acceptors (Lipinski definition) is 0. The van der Waals surface area contributed by atoms with Gasteiger partial charge in [0, 0.05) is 9.52 Å². The number of hydrogen-bond donors (Lipinski definition) is 0. The molecule has 0 spiro atoms. The van der Waals surface area contributed by atoms with E-state index in [1.54, 1.807) is 0 Å². The maximum atomic E-state index is 2.32. The first kappa shape index (κ1) is 20.5. The van der Waals surface area contributed by atoms with E-state index in [1.165, 1.54) is 22.3 Å². The van der Waals surface area contributed by atoms with Gasteiger partial charge in [-0.15, -0.1) is 11.1 Å². The van der Waals surface area contributed by atoms with Crippen molar-refractivity contribution >= 4 is 9.52 Å². The van der Waals surface area contributed by atoms with Gasteiger partial charge in [0.1, 0.15) is 0 Å². The average Bonchev–Trinajstić information content (AvgIpc) is 2.78. The molecule has 2 aliphatic rings. The molecule has 0 aliphatic heterocycles. The van der Waals surface area contributed by atoms with E-state index in [0.29, 0.717) is 0 Å². The van der Waals surface area contributed by atoms with Gasteiger partial charge in [-0.2, -0.15) is 29.7 Å². The Morgan fingerprint density at radius 2 is 1.28 bits per heavy atom. The van der Waals surface area contributed by atoms with E-state index in [4.69, 9.17) is 0 Å². The summed E-state index contributed by atoms with van der Waals surface area (Å²) in [7, 11) is 0.750. The van der Waals surface area contributed by atoms with Crippen molar-refractivity contribution in [3.8, 4) is 0 Å². The fourth-order valence-electron chi connectivity index (χ4n) is 1.82. The molecule has 0 aromatic rings. The molecule has 0 aromatic carbocycles. The van der Waals surface area contributed by atoms with Crippen molar-refractivity contribution in [1.29, 1.82) is 0 Å². The van der Waals surface area contributed by atoms with E-state index < -0.39 is 0 Å². The third-order valence-electron chi connectivity index (χ3n) is 2.52. The van der Waals surface area contributed by atoms with Crippen molar-refractivity contribution in [2.45, 2.75) is 39.8 Å². The molecular formula is C15H22ClSiZr. The fraction of sp³-hybridized carbons (Fsp3) is 0.400. The van der Waals surface area contributed by atoms with Crippen molar-refractivity contribution in [2.24, 2.45) is 0 Å². The van der Waals surface area contributed by atoms with E-state index in [0.717, 1.165) is 22.4 Å². The van der Waals surface area contributed by atoms with Crippen LogP contribution in [0.3, 0.4) is 0 Å². The topological polar surface area (TPSA) is 0 Å². The molecule has 0 amide bonds. The third-order valence-corrected chi connectivity index (χ3v) is 2.52. The van der Waals surface area contributed by atoms with Crippen LogP contribution in [-0.4, -0.2) is 9.52 Å². The van der Waals surface area contributed by atoms with Crippen LogP contribution in [0.2, 0.25) is 13.1 Å². The molecule has 0 saturated carbocycles. The Balaban J connectivity index is 0. The van der Waals surface area contributed by atoms with Gasteiger partial charge in [-0.25, -0.2) is 0 Å². The molecule has 18 heavy (non-hydrogen) atoms. The Hall–Kier alpha value is 0.220. The summed E-state index contributed by atoms with van der Waals surface area (Å²) in [5.41, 5.74) is 5.70. The molecule has 1 radical (unpaired) electrons. The van der Waals surface area contributed by atoms with E-state index in [-0.39, 0.29) is 38.6 Å². The van der Waals surface area contributed by atoms with Crippen LogP contribution in [0.5, 0.6) is 0 Å². The molecule has 0 N–H and O–H groups in total. The molecule has 0 unspecified atom stereocenters. The number of rotatable bonds is 2. The smallest absolute Gasteiger partial charge is 1.00 e. The molecule has 0 bridgehead atoms. The second kappa shape index (κ2) is 11.1. The summed E-state index contributed by atoms with van der Waals surface area (Å²) in [5, 5.41) is 0. The zero-order chi connectivity index (χ0) is 12.0. The van der Waals surface area contributed by atoms with Crippen LogP contribution in [0.25, 0.3) is 0 Å². The summed E-state index contributed by atoms with van der Waals surface area (Å²) in [4.78, 5) is 0. The maximum Gasteiger partial charge on any atom is 2.00 e. The Kier molecular flexibility index (Phi) is 12.6. The minimum atomic E-state index is 0. The van der Waals surface area contributed by atoms with Gasteiger partial charge in [0.15, 0.2) is 0 Å². The normalized spacial score (nSPS) is 16.0. The summed E-state index contributed by atoms with van der Waals surface area (Å²) in [6.45, 7) is 8.74. The summed E-state index contributed by atoms with van der Waals surface area (Å²) in [5.74, 6) is 0. The van der Waals surface area contributed by atoms with Crippen LogP contribution in [0.4, 0.5) is 0 Å². The monoisotopic (exact) mass is 355 g/mol. The van der Waals surface area contributed by atoms with Crippen LogP contribution < -0.4 is 12.4 Å². The first-order valence-electron chi connectivity index (χ1n) is 5.99. The summed E-state index contributed by atoms with van der Waals surface area (Å²) >= 11 is 0. The predicted octanol–water partition coefficient (Wildman–Crippen LogP) is 1.26. The molecular weight excluding hydrogens is 335 g/mol. The first-order valence-corrected chi connectivity index (χ1v) is 8.30. The average molecular weight is 357 g/mol. The standard InChI is InChI=1S/C13H15.C2H7Si.ClH.Zr/c1-10-3-5-12(7-10)9-13-6-4-11(2)8-13;1-3-2;;/h3-4,7-9H,5-6H2,1-2H3;3H,1-2H3;1H;/q-1;;;+2/p-1. The van der Waals surface area contributed by atoms with Gasteiger partial charge in [0.2, 0.25) is 0 Å². The van der Waals surface area contributed by atoms with Gasteiger partial charge in [-0.1, -0.05) is 39.1 Å². The second-order valence-corrected chi connectivity index (χ2v) is 5.62. The van der Waals surface area contributed by atoms with Crippen molar-refractivity contribution < 1.29 is 38.6 Å². The molecule has 97 valence electrons. The molecule has 2 aliphatic carbocycles. The Bertz CT molecular complexity index is 331. The fourth-order valence-corrected chi connectivity index (χ4v) is 1.82. The molecule has 0 fully saturated rings. The van der Waals surface area contributed by atoms with Gasteiger partial charge in [-0.05, 0) is 12.8 Å². The van der Waals surface area contributed by atoms with Crippen molar-refractivity contribution in [3.05, 3.63) is 53.0 Å². The van der Waals surface area contributed by atoms with Crippen LogP contribution in [0.1, 0.15) is 26.7 Å². The summed E-state index contributed by atoms with van der Waals surface area (Å²) in [6.07, 6.45) is 13.6. The van der Waals surface area contributed by atoms with Gasteiger partial charge in [-0.3, -0.25) is 0 Å². The molecule has 0 atom stereocenters. The van der Waals surface area contributed by atoms with Crippen molar-refractivity contribution in [1.82, 2.24) is 0 Å². The number of allylic oxidation sites excluding steroid dienone is 8. The minimum absolute atomic E-state index is 0. The zero-order valence-electron chi connectivity index (χ0n) is 11.8. The third kappa shape index (κ3) is 7.61. The number of halogens is 1. The molecule has 3 heteroatoms. The summed E-state index contributed by atoms with van der Waals surface area (Å²) in [6, 6.07) is 0. The van der Waals surface area contributed by atoms with Gasteiger partial charge < -0.3 is 12.4 Å². The van der Waals surface area contributed by atoms with E-state index in [1.807, 2.05) is 0 Å². The van der Waals surface area contributed by atoms with Crippen LogP contribution in [-0.2, 0) is 26.2 Å². The SMILES string of the molecule is CC1=CCC([CH-]C2=CC(C)=CC2)=C1.C[SiH]C.[Cl-].[Zr+2]. The van der Waals surface area contributed by atoms with E-state index in [2.05, 4.69) is 57.7 Å². The predicted molar refractivity (Wildman–Crippen MR) is 76.1 cm³/mol. The van der Waals surface area contributed by atoms with Crippen molar-refractivity contribution in [2.75, 3.05) is 0 Å². The van der Waals surface area contributed by atoms with Crippen LogP contribution in [0, 0.1) is 6.42 Å².